The molecule has 1 nitrogen and oxygen atoms in total. The standard InChI is InChI=1S/C13H27N/c1-3-5-9-13(14)10-7-12(6-4-2)8-11-13/h12H,3-11,14H2,1-2H3. The van der Waals surface area contributed by atoms with Crippen molar-refractivity contribution in [2.75, 3.05) is 0 Å². The van der Waals surface area contributed by atoms with Crippen LogP contribution in [0.1, 0.15) is 71.6 Å². The predicted octanol–water partition coefficient (Wildman–Crippen LogP) is 3.86. The van der Waals surface area contributed by atoms with Crippen LogP contribution < -0.4 is 5.73 Å². The first-order valence-corrected chi connectivity index (χ1v) is 6.49. The molecule has 84 valence electrons. The van der Waals surface area contributed by atoms with Crippen molar-refractivity contribution in [2.24, 2.45) is 11.7 Å². The van der Waals surface area contributed by atoms with E-state index in [1.165, 1.54) is 57.8 Å². The summed E-state index contributed by atoms with van der Waals surface area (Å²) in [6.45, 7) is 4.55. The summed E-state index contributed by atoms with van der Waals surface area (Å²) in [5.74, 6) is 0.985. The van der Waals surface area contributed by atoms with Crippen LogP contribution in [0.5, 0.6) is 0 Å². The third-order valence-corrected chi connectivity index (χ3v) is 3.83. The van der Waals surface area contributed by atoms with E-state index in [0.717, 1.165) is 5.92 Å². The molecular formula is C13H27N. The van der Waals surface area contributed by atoms with Crippen LogP contribution in [0.4, 0.5) is 0 Å². The van der Waals surface area contributed by atoms with Crippen LogP contribution >= 0.6 is 0 Å². The van der Waals surface area contributed by atoms with Gasteiger partial charge in [-0.25, -0.2) is 0 Å². The van der Waals surface area contributed by atoms with Gasteiger partial charge >= 0.3 is 0 Å². The second kappa shape index (κ2) is 5.75. The van der Waals surface area contributed by atoms with Gasteiger partial charge in [0, 0.05) is 5.54 Å². The third kappa shape index (κ3) is 3.61. The molecule has 0 heterocycles. The minimum Gasteiger partial charge on any atom is -0.325 e. The number of nitrogens with two attached hydrogens (primary N) is 1. The Balaban J connectivity index is 2.25. The van der Waals surface area contributed by atoms with E-state index in [2.05, 4.69) is 13.8 Å². The molecule has 1 aliphatic rings. The molecule has 0 unspecified atom stereocenters. The largest absolute Gasteiger partial charge is 0.325 e. The SMILES string of the molecule is CCCCC1(N)CCC(CCC)CC1. The average Bonchev–Trinajstić information content (AvgIpc) is 2.20. The second-order valence-corrected chi connectivity index (χ2v) is 5.20. The van der Waals surface area contributed by atoms with Crippen molar-refractivity contribution in [3.63, 3.8) is 0 Å². The fourth-order valence-corrected chi connectivity index (χ4v) is 2.73. The van der Waals surface area contributed by atoms with Gasteiger partial charge in [0.25, 0.3) is 0 Å². The molecular weight excluding hydrogens is 170 g/mol. The maximum Gasteiger partial charge on any atom is 0.0154 e. The van der Waals surface area contributed by atoms with Crippen LogP contribution in [-0.4, -0.2) is 5.54 Å². The van der Waals surface area contributed by atoms with E-state index in [9.17, 15) is 0 Å². The minimum absolute atomic E-state index is 0.209. The Morgan fingerprint density at radius 1 is 1.14 bits per heavy atom. The normalized spacial score (nSPS) is 33.2. The summed E-state index contributed by atoms with van der Waals surface area (Å²) < 4.78 is 0. The Morgan fingerprint density at radius 3 is 2.29 bits per heavy atom. The smallest absolute Gasteiger partial charge is 0.0154 e. The van der Waals surface area contributed by atoms with Crippen LogP contribution in [0.3, 0.4) is 0 Å². The van der Waals surface area contributed by atoms with Gasteiger partial charge in [-0.2, -0.15) is 0 Å². The number of hydrogen-bond acceptors (Lipinski definition) is 1. The molecule has 0 atom stereocenters. The zero-order chi connectivity index (χ0) is 10.4. The molecule has 0 aromatic heterocycles. The molecule has 1 saturated carbocycles. The van der Waals surface area contributed by atoms with E-state index in [1.807, 2.05) is 0 Å². The molecule has 1 fully saturated rings. The first-order chi connectivity index (χ1) is 6.70. The highest BCUT2D eigenvalue weighted by Crippen LogP contribution is 2.35. The lowest BCUT2D eigenvalue weighted by molar-refractivity contribution is 0.210. The zero-order valence-electron chi connectivity index (χ0n) is 10.0. The lowest BCUT2D eigenvalue weighted by atomic mass is 9.73. The Hall–Kier alpha value is -0.0400. The van der Waals surface area contributed by atoms with Crippen molar-refractivity contribution in [1.82, 2.24) is 0 Å². The van der Waals surface area contributed by atoms with Gasteiger partial charge in [0.1, 0.15) is 0 Å². The first-order valence-electron chi connectivity index (χ1n) is 6.49. The van der Waals surface area contributed by atoms with Gasteiger partial charge in [-0.3, -0.25) is 0 Å². The molecule has 1 rings (SSSR count). The van der Waals surface area contributed by atoms with Crippen molar-refractivity contribution >= 4 is 0 Å². The topological polar surface area (TPSA) is 26.0 Å². The van der Waals surface area contributed by atoms with Crippen LogP contribution in [-0.2, 0) is 0 Å². The van der Waals surface area contributed by atoms with Crippen molar-refractivity contribution in [3.8, 4) is 0 Å². The van der Waals surface area contributed by atoms with Gasteiger partial charge in [-0.1, -0.05) is 39.5 Å². The van der Waals surface area contributed by atoms with Crippen molar-refractivity contribution in [3.05, 3.63) is 0 Å². The summed E-state index contributed by atoms with van der Waals surface area (Å²) in [4.78, 5) is 0. The summed E-state index contributed by atoms with van der Waals surface area (Å²) in [7, 11) is 0. The lowest BCUT2D eigenvalue weighted by Crippen LogP contribution is -2.43. The molecule has 0 amide bonds. The molecule has 2 N–H and O–H groups in total. The van der Waals surface area contributed by atoms with Gasteiger partial charge in [0.15, 0.2) is 0 Å². The van der Waals surface area contributed by atoms with E-state index < -0.39 is 0 Å². The average molecular weight is 197 g/mol. The summed E-state index contributed by atoms with van der Waals surface area (Å²) >= 11 is 0. The summed E-state index contributed by atoms with van der Waals surface area (Å²) in [6, 6.07) is 0. The molecule has 0 aliphatic heterocycles. The fraction of sp³-hybridized carbons (Fsp3) is 1.00. The summed E-state index contributed by atoms with van der Waals surface area (Å²) in [6.07, 6.45) is 11.9. The Bertz CT molecular complexity index is 145. The second-order valence-electron chi connectivity index (χ2n) is 5.20. The number of rotatable bonds is 5. The van der Waals surface area contributed by atoms with Gasteiger partial charge in [0.05, 0.1) is 0 Å². The maximum atomic E-state index is 6.40. The van der Waals surface area contributed by atoms with Crippen molar-refractivity contribution in [2.45, 2.75) is 77.2 Å². The fourth-order valence-electron chi connectivity index (χ4n) is 2.73. The summed E-state index contributed by atoms with van der Waals surface area (Å²) in [5, 5.41) is 0. The summed E-state index contributed by atoms with van der Waals surface area (Å²) in [5.41, 5.74) is 6.61. The highest BCUT2D eigenvalue weighted by molar-refractivity contribution is 4.89. The number of hydrogen-bond donors (Lipinski definition) is 1. The number of unbranched alkanes of at least 4 members (excludes halogenated alkanes) is 1. The van der Waals surface area contributed by atoms with Crippen LogP contribution in [0, 0.1) is 5.92 Å². The molecule has 0 saturated heterocycles. The molecule has 0 aromatic rings. The Labute approximate surface area is 89.5 Å². The molecule has 1 aliphatic carbocycles. The highest BCUT2D eigenvalue weighted by Gasteiger charge is 2.30. The lowest BCUT2D eigenvalue weighted by Gasteiger charge is -2.37. The van der Waals surface area contributed by atoms with Gasteiger partial charge in [0.2, 0.25) is 0 Å². The maximum absolute atomic E-state index is 6.40. The van der Waals surface area contributed by atoms with Crippen molar-refractivity contribution in [1.29, 1.82) is 0 Å². The predicted molar refractivity (Wildman–Crippen MR) is 63.3 cm³/mol. The monoisotopic (exact) mass is 197 g/mol. The quantitative estimate of drug-likeness (QED) is 0.711. The van der Waals surface area contributed by atoms with Gasteiger partial charge in [-0.15, -0.1) is 0 Å². The highest BCUT2D eigenvalue weighted by atomic mass is 14.7. The van der Waals surface area contributed by atoms with E-state index in [-0.39, 0.29) is 5.54 Å². The van der Waals surface area contributed by atoms with E-state index in [4.69, 9.17) is 5.73 Å². The zero-order valence-corrected chi connectivity index (χ0v) is 10.0. The van der Waals surface area contributed by atoms with E-state index in [0.29, 0.717) is 0 Å². The van der Waals surface area contributed by atoms with Crippen LogP contribution in [0.2, 0.25) is 0 Å². The molecule has 0 bridgehead atoms. The Morgan fingerprint density at radius 2 is 1.79 bits per heavy atom. The van der Waals surface area contributed by atoms with Gasteiger partial charge in [-0.05, 0) is 38.0 Å². The molecule has 0 radical (unpaired) electrons. The van der Waals surface area contributed by atoms with Crippen molar-refractivity contribution < 1.29 is 0 Å². The molecule has 0 aromatic carbocycles. The molecule has 14 heavy (non-hydrogen) atoms. The third-order valence-electron chi connectivity index (χ3n) is 3.83. The van der Waals surface area contributed by atoms with E-state index in [1.54, 1.807) is 0 Å². The molecule has 1 heteroatoms. The Kier molecular flexibility index (Phi) is 4.94. The van der Waals surface area contributed by atoms with Crippen LogP contribution in [0.15, 0.2) is 0 Å². The van der Waals surface area contributed by atoms with E-state index >= 15 is 0 Å². The molecule has 0 spiro atoms. The van der Waals surface area contributed by atoms with Crippen LogP contribution in [0.25, 0.3) is 0 Å². The minimum atomic E-state index is 0.209. The van der Waals surface area contributed by atoms with Gasteiger partial charge < -0.3 is 5.73 Å². The first kappa shape index (κ1) is 12.0.